The van der Waals surface area contributed by atoms with Gasteiger partial charge in [-0.2, -0.15) is 5.10 Å². The molecule has 114 valence electrons. The number of hydrogen-bond donors (Lipinski definition) is 2. The Morgan fingerprint density at radius 2 is 2.09 bits per heavy atom. The van der Waals surface area contributed by atoms with E-state index in [1.807, 2.05) is 0 Å². The monoisotopic (exact) mass is 318 g/mol. The molecule has 0 aromatic heterocycles. The molecule has 6 heteroatoms. The SMILES string of the molecule is CC(Oc1cccc(Cl)c1)C(=O)N/N=C/c1ccccc1O. The largest absolute Gasteiger partial charge is 0.507 e. The third-order valence-corrected chi connectivity index (χ3v) is 3.03. The predicted octanol–water partition coefficient (Wildman–Crippen LogP) is 2.96. The van der Waals surface area contributed by atoms with E-state index in [1.165, 1.54) is 12.3 Å². The van der Waals surface area contributed by atoms with Crippen LogP contribution in [-0.2, 0) is 4.79 Å². The van der Waals surface area contributed by atoms with Crippen LogP contribution in [0.5, 0.6) is 11.5 Å². The van der Waals surface area contributed by atoms with Gasteiger partial charge in [-0.15, -0.1) is 0 Å². The Hall–Kier alpha value is -2.53. The van der Waals surface area contributed by atoms with E-state index in [9.17, 15) is 9.90 Å². The molecule has 2 rings (SSSR count). The summed E-state index contributed by atoms with van der Waals surface area (Å²) in [5.41, 5.74) is 2.86. The van der Waals surface area contributed by atoms with Crippen LogP contribution in [0.2, 0.25) is 5.02 Å². The number of hydrogen-bond acceptors (Lipinski definition) is 4. The molecule has 0 aliphatic heterocycles. The minimum absolute atomic E-state index is 0.0868. The lowest BCUT2D eigenvalue weighted by Gasteiger charge is -2.12. The topological polar surface area (TPSA) is 70.9 Å². The van der Waals surface area contributed by atoms with Crippen molar-refractivity contribution in [3.8, 4) is 11.5 Å². The molecule has 5 nitrogen and oxygen atoms in total. The van der Waals surface area contributed by atoms with Crippen molar-refractivity contribution in [3.63, 3.8) is 0 Å². The fourth-order valence-electron chi connectivity index (χ4n) is 1.65. The van der Waals surface area contributed by atoms with E-state index in [0.717, 1.165) is 0 Å². The Bertz CT molecular complexity index is 689. The molecule has 0 fully saturated rings. The number of carbonyl (C=O) groups excluding carboxylic acids is 1. The van der Waals surface area contributed by atoms with Crippen molar-refractivity contribution in [3.05, 3.63) is 59.1 Å². The standard InChI is InChI=1S/C16H15ClN2O3/c1-11(22-14-7-4-6-13(17)9-14)16(21)19-18-10-12-5-2-3-8-15(12)20/h2-11,20H,1H3,(H,19,21)/b18-10+. The highest BCUT2D eigenvalue weighted by molar-refractivity contribution is 6.30. The van der Waals surface area contributed by atoms with Crippen molar-refractivity contribution < 1.29 is 14.6 Å². The molecule has 2 aromatic carbocycles. The van der Waals surface area contributed by atoms with Crippen LogP contribution in [0, 0.1) is 0 Å². The number of halogens is 1. The summed E-state index contributed by atoms with van der Waals surface area (Å²) < 4.78 is 5.46. The van der Waals surface area contributed by atoms with Crippen LogP contribution in [0.1, 0.15) is 12.5 Å². The minimum atomic E-state index is -0.736. The molecular formula is C16H15ClN2O3. The number of hydrazone groups is 1. The molecule has 1 atom stereocenters. The smallest absolute Gasteiger partial charge is 0.280 e. The lowest BCUT2D eigenvalue weighted by Crippen LogP contribution is -2.33. The number of aromatic hydroxyl groups is 1. The maximum atomic E-state index is 11.9. The highest BCUT2D eigenvalue weighted by atomic mass is 35.5. The number of para-hydroxylation sites is 1. The van der Waals surface area contributed by atoms with E-state index in [0.29, 0.717) is 16.3 Å². The summed E-state index contributed by atoms with van der Waals surface area (Å²) in [4.78, 5) is 11.9. The maximum Gasteiger partial charge on any atom is 0.280 e. The van der Waals surface area contributed by atoms with Crippen molar-refractivity contribution in [1.82, 2.24) is 5.43 Å². The lowest BCUT2D eigenvalue weighted by molar-refractivity contribution is -0.127. The molecule has 0 bridgehead atoms. The molecule has 0 heterocycles. The number of phenols is 1. The molecule has 2 aromatic rings. The average Bonchev–Trinajstić information content (AvgIpc) is 2.49. The Labute approximate surface area is 133 Å². The summed E-state index contributed by atoms with van der Waals surface area (Å²) in [5.74, 6) is 0.176. The van der Waals surface area contributed by atoms with Crippen LogP contribution in [-0.4, -0.2) is 23.3 Å². The third-order valence-electron chi connectivity index (χ3n) is 2.79. The van der Waals surface area contributed by atoms with E-state index in [2.05, 4.69) is 10.5 Å². The Morgan fingerprint density at radius 3 is 2.82 bits per heavy atom. The van der Waals surface area contributed by atoms with Gasteiger partial charge in [-0.3, -0.25) is 4.79 Å². The number of ether oxygens (including phenoxy) is 1. The zero-order valence-electron chi connectivity index (χ0n) is 11.9. The summed E-state index contributed by atoms with van der Waals surface area (Å²) in [6.45, 7) is 1.60. The first-order valence-electron chi connectivity index (χ1n) is 6.59. The molecule has 1 unspecified atom stereocenters. The van der Waals surface area contributed by atoms with E-state index < -0.39 is 12.0 Å². The molecule has 0 aliphatic carbocycles. The van der Waals surface area contributed by atoms with Gasteiger partial charge in [0.1, 0.15) is 11.5 Å². The second-order valence-electron chi connectivity index (χ2n) is 4.51. The van der Waals surface area contributed by atoms with Gasteiger partial charge in [0, 0.05) is 10.6 Å². The normalized spacial score (nSPS) is 12.1. The summed E-state index contributed by atoms with van der Waals surface area (Å²) in [5, 5.41) is 13.9. The van der Waals surface area contributed by atoms with E-state index in [-0.39, 0.29) is 5.75 Å². The van der Waals surface area contributed by atoms with Gasteiger partial charge in [0.05, 0.1) is 6.21 Å². The van der Waals surface area contributed by atoms with Gasteiger partial charge in [-0.1, -0.05) is 29.8 Å². The zero-order chi connectivity index (χ0) is 15.9. The van der Waals surface area contributed by atoms with E-state index in [4.69, 9.17) is 16.3 Å². The Kier molecular flexibility index (Phi) is 5.38. The summed E-state index contributed by atoms with van der Waals surface area (Å²) in [7, 11) is 0. The number of rotatable bonds is 5. The first-order valence-corrected chi connectivity index (χ1v) is 6.97. The Balaban J connectivity index is 1.90. The molecule has 0 saturated carbocycles. The van der Waals surface area contributed by atoms with Gasteiger partial charge in [0.15, 0.2) is 6.10 Å². The van der Waals surface area contributed by atoms with Gasteiger partial charge in [0.2, 0.25) is 0 Å². The first kappa shape index (κ1) is 15.9. The van der Waals surface area contributed by atoms with Crippen molar-refractivity contribution in [2.75, 3.05) is 0 Å². The van der Waals surface area contributed by atoms with Gasteiger partial charge >= 0.3 is 0 Å². The predicted molar refractivity (Wildman–Crippen MR) is 85.4 cm³/mol. The van der Waals surface area contributed by atoms with Crippen molar-refractivity contribution in [1.29, 1.82) is 0 Å². The van der Waals surface area contributed by atoms with Gasteiger partial charge < -0.3 is 9.84 Å². The van der Waals surface area contributed by atoms with Crippen molar-refractivity contribution in [2.24, 2.45) is 5.10 Å². The summed E-state index contributed by atoms with van der Waals surface area (Å²) in [6.07, 6.45) is 0.624. The fourth-order valence-corrected chi connectivity index (χ4v) is 1.83. The third kappa shape index (κ3) is 4.49. The second kappa shape index (κ2) is 7.47. The van der Waals surface area contributed by atoms with Crippen molar-refractivity contribution in [2.45, 2.75) is 13.0 Å². The number of amides is 1. The quantitative estimate of drug-likeness (QED) is 0.657. The number of benzene rings is 2. The second-order valence-corrected chi connectivity index (χ2v) is 4.95. The molecular weight excluding hydrogens is 304 g/mol. The number of nitrogens with one attached hydrogen (secondary N) is 1. The summed E-state index contributed by atoms with van der Waals surface area (Å²) >= 11 is 5.85. The lowest BCUT2D eigenvalue weighted by atomic mass is 10.2. The number of phenolic OH excluding ortho intramolecular Hbond substituents is 1. The fraction of sp³-hybridized carbons (Fsp3) is 0.125. The number of carbonyl (C=O) groups is 1. The Morgan fingerprint density at radius 1 is 1.32 bits per heavy atom. The van der Waals surface area contributed by atoms with Crippen LogP contribution >= 0.6 is 11.6 Å². The van der Waals surface area contributed by atoms with Crippen LogP contribution in [0.25, 0.3) is 0 Å². The molecule has 0 aliphatic rings. The highest BCUT2D eigenvalue weighted by Gasteiger charge is 2.13. The molecule has 22 heavy (non-hydrogen) atoms. The first-order chi connectivity index (χ1) is 10.6. The molecule has 1 amide bonds. The maximum absolute atomic E-state index is 11.9. The van der Waals surface area contributed by atoms with Gasteiger partial charge in [-0.25, -0.2) is 5.43 Å². The highest BCUT2D eigenvalue weighted by Crippen LogP contribution is 2.18. The van der Waals surface area contributed by atoms with Crippen LogP contribution < -0.4 is 10.2 Å². The molecule has 0 spiro atoms. The van der Waals surface area contributed by atoms with Crippen molar-refractivity contribution >= 4 is 23.7 Å². The molecule has 2 N–H and O–H groups in total. The van der Waals surface area contributed by atoms with Gasteiger partial charge in [-0.05, 0) is 37.3 Å². The zero-order valence-corrected chi connectivity index (χ0v) is 12.6. The van der Waals surface area contributed by atoms with E-state index in [1.54, 1.807) is 49.4 Å². The van der Waals surface area contributed by atoms with E-state index >= 15 is 0 Å². The van der Waals surface area contributed by atoms with Crippen LogP contribution in [0.3, 0.4) is 0 Å². The molecule has 0 saturated heterocycles. The van der Waals surface area contributed by atoms with Crippen LogP contribution in [0.15, 0.2) is 53.6 Å². The average molecular weight is 319 g/mol. The van der Waals surface area contributed by atoms with Crippen LogP contribution in [0.4, 0.5) is 0 Å². The summed E-state index contributed by atoms with van der Waals surface area (Å²) in [6, 6.07) is 13.5. The number of nitrogens with zero attached hydrogens (tertiary/aromatic N) is 1. The molecule has 0 radical (unpaired) electrons. The minimum Gasteiger partial charge on any atom is -0.507 e. The van der Waals surface area contributed by atoms with Gasteiger partial charge in [0.25, 0.3) is 5.91 Å².